The van der Waals surface area contributed by atoms with Crippen LogP contribution in [-0.4, -0.2) is 56.6 Å². The third kappa shape index (κ3) is 13.8. The zero-order valence-corrected chi connectivity index (χ0v) is 26.0. The van der Waals surface area contributed by atoms with Crippen LogP contribution in [-0.2, 0) is 19.2 Å². The summed E-state index contributed by atoms with van der Waals surface area (Å²) >= 11 is 0. The average Bonchev–Trinajstić information content (AvgIpc) is 3.04. The number of carbonyl (C=O) groups is 5. The van der Waals surface area contributed by atoms with Crippen molar-refractivity contribution in [2.45, 2.75) is 20.8 Å². The molecule has 248 valence electrons. The number of para-hydroxylation sites is 2. The molecule has 0 saturated heterocycles. The van der Waals surface area contributed by atoms with Gasteiger partial charge in [-0.05, 0) is 73.0 Å². The summed E-state index contributed by atoms with van der Waals surface area (Å²) in [5, 5.41) is 41.4. The predicted molar refractivity (Wildman–Crippen MR) is 175 cm³/mol. The van der Waals surface area contributed by atoms with Gasteiger partial charge in [0.25, 0.3) is 0 Å². The zero-order chi connectivity index (χ0) is 36.2. The number of aldehydes is 1. The number of phenols is 2. The summed E-state index contributed by atoms with van der Waals surface area (Å²) in [6.07, 6.45) is 3.78. The van der Waals surface area contributed by atoms with Gasteiger partial charge >= 0.3 is 18.1 Å². The van der Waals surface area contributed by atoms with Crippen molar-refractivity contribution >= 4 is 53.6 Å². The normalized spacial score (nSPS) is 9.48. The molecule has 0 spiro atoms. The van der Waals surface area contributed by atoms with Gasteiger partial charge in [-0.1, -0.05) is 48.5 Å². The standard InChI is InChI=1S/C17H15NO4.C9H9NO3.C8H8O2.CO2/c1-11-6-7-12(10-15(11)19)8-9-16(20)18-14-5-3-2-4-13(14)17(21)22;1-6(11)10-8-5-3-2-4-7(8)9(12)13;1-6-2-3-7(5-9)4-8(6)10;2-1-3/h2-10,19H,1H3,(H,18,20)(H,21,22);2-5H,1H3,(H,10,11)(H,12,13);2-5,10H,1H3;/b9-8+;;;. The van der Waals surface area contributed by atoms with Gasteiger partial charge in [0.15, 0.2) is 0 Å². The van der Waals surface area contributed by atoms with Crippen LogP contribution in [0.5, 0.6) is 11.5 Å². The van der Waals surface area contributed by atoms with Crippen molar-refractivity contribution in [3.05, 3.63) is 124 Å². The average molecular weight is 657 g/mol. The summed E-state index contributed by atoms with van der Waals surface area (Å²) in [5.41, 5.74) is 3.38. The Balaban J connectivity index is 0.000000375. The Labute approximate surface area is 274 Å². The van der Waals surface area contributed by atoms with E-state index in [0.29, 0.717) is 23.1 Å². The second-order valence-electron chi connectivity index (χ2n) is 9.50. The number of aryl methyl sites for hydroxylation is 2. The summed E-state index contributed by atoms with van der Waals surface area (Å²) in [5.74, 6) is -2.57. The molecule has 0 aliphatic carbocycles. The summed E-state index contributed by atoms with van der Waals surface area (Å²) in [4.78, 5) is 70.7. The van der Waals surface area contributed by atoms with Crippen LogP contribution in [0.1, 0.15) is 54.7 Å². The molecule has 4 rings (SSSR count). The molecule has 4 aromatic rings. The Morgan fingerprint density at radius 3 is 1.50 bits per heavy atom. The Kier molecular flexibility index (Phi) is 16.5. The van der Waals surface area contributed by atoms with E-state index in [2.05, 4.69) is 10.6 Å². The van der Waals surface area contributed by atoms with E-state index in [4.69, 9.17) is 24.9 Å². The van der Waals surface area contributed by atoms with Crippen molar-refractivity contribution in [3.63, 3.8) is 0 Å². The number of phenolic OH excluding ortho intramolecular Hbond substituents is 2. The van der Waals surface area contributed by atoms with Gasteiger partial charge < -0.3 is 31.1 Å². The number of hydrogen-bond donors (Lipinski definition) is 6. The highest BCUT2D eigenvalue weighted by molar-refractivity contribution is 6.06. The first kappa shape index (κ1) is 39.2. The minimum absolute atomic E-state index is 0.0252. The Hall–Kier alpha value is -6.85. The number of hydrogen-bond acceptors (Lipinski definition) is 9. The van der Waals surface area contributed by atoms with E-state index >= 15 is 0 Å². The van der Waals surface area contributed by atoms with Gasteiger partial charge in [-0.2, -0.15) is 9.59 Å². The molecule has 0 unspecified atom stereocenters. The second kappa shape index (κ2) is 20.2. The zero-order valence-electron chi connectivity index (χ0n) is 26.0. The minimum atomic E-state index is -1.11. The Morgan fingerprint density at radius 2 is 1.08 bits per heavy atom. The number of anilines is 2. The van der Waals surface area contributed by atoms with Crippen LogP contribution in [0.4, 0.5) is 11.4 Å². The molecule has 0 atom stereocenters. The molecule has 0 radical (unpaired) electrons. The van der Waals surface area contributed by atoms with Crippen molar-refractivity contribution < 1.29 is 54.0 Å². The number of amides is 2. The Morgan fingerprint density at radius 1 is 0.667 bits per heavy atom. The van der Waals surface area contributed by atoms with Crippen LogP contribution in [0.3, 0.4) is 0 Å². The van der Waals surface area contributed by atoms with Crippen LogP contribution in [0.25, 0.3) is 6.08 Å². The van der Waals surface area contributed by atoms with Gasteiger partial charge in [-0.3, -0.25) is 14.4 Å². The molecule has 13 heteroatoms. The smallest absolute Gasteiger partial charge is 0.373 e. The fraction of sp³-hybridized carbons (Fsp3) is 0.0857. The van der Waals surface area contributed by atoms with Gasteiger partial charge in [-0.25, -0.2) is 9.59 Å². The van der Waals surface area contributed by atoms with Crippen LogP contribution < -0.4 is 10.6 Å². The molecule has 6 N–H and O–H groups in total. The summed E-state index contributed by atoms with van der Waals surface area (Å²) in [7, 11) is 0. The predicted octanol–water partition coefficient (Wildman–Crippen LogP) is 5.32. The first-order valence-electron chi connectivity index (χ1n) is 13.7. The van der Waals surface area contributed by atoms with Crippen LogP contribution in [0, 0.1) is 13.8 Å². The molecule has 0 aliphatic heterocycles. The molecule has 0 saturated carbocycles. The molecule has 0 aromatic heterocycles. The summed E-state index contributed by atoms with van der Waals surface area (Å²) in [6.45, 7) is 4.89. The van der Waals surface area contributed by atoms with E-state index in [1.54, 1.807) is 74.5 Å². The van der Waals surface area contributed by atoms with Crippen molar-refractivity contribution in [1.82, 2.24) is 0 Å². The molecule has 48 heavy (non-hydrogen) atoms. The summed E-state index contributed by atoms with van der Waals surface area (Å²) in [6, 6.07) is 22.3. The highest BCUT2D eigenvalue weighted by atomic mass is 16.4. The lowest BCUT2D eigenvalue weighted by atomic mass is 10.1. The van der Waals surface area contributed by atoms with Crippen molar-refractivity contribution in [2.24, 2.45) is 0 Å². The van der Waals surface area contributed by atoms with Crippen molar-refractivity contribution in [1.29, 1.82) is 0 Å². The molecule has 4 aromatic carbocycles. The van der Waals surface area contributed by atoms with Gasteiger partial charge in [0.05, 0.1) is 22.5 Å². The highest BCUT2D eigenvalue weighted by Crippen LogP contribution is 2.19. The van der Waals surface area contributed by atoms with Crippen LogP contribution in [0.15, 0.2) is 91.0 Å². The molecule has 0 heterocycles. The van der Waals surface area contributed by atoms with E-state index in [9.17, 15) is 29.1 Å². The maximum Gasteiger partial charge on any atom is 0.373 e. The lowest BCUT2D eigenvalue weighted by Gasteiger charge is -2.05. The molecule has 0 fully saturated rings. The van der Waals surface area contributed by atoms with Gasteiger partial charge in [0.2, 0.25) is 11.8 Å². The first-order valence-corrected chi connectivity index (χ1v) is 13.7. The number of carboxylic acid groups (broad SMARTS) is 2. The summed E-state index contributed by atoms with van der Waals surface area (Å²) < 4.78 is 0. The number of aromatic hydroxyl groups is 2. The van der Waals surface area contributed by atoms with Gasteiger partial charge in [-0.15, -0.1) is 0 Å². The Bertz CT molecular complexity index is 1830. The second-order valence-corrected chi connectivity index (χ2v) is 9.50. The third-order valence-electron chi connectivity index (χ3n) is 5.91. The fourth-order valence-electron chi connectivity index (χ4n) is 3.52. The molecule has 2 amide bonds. The number of rotatable bonds is 7. The lowest BCUT2D eigenvalue weighted by Crippen LogP contribution is -2.11. The van der Waals surface area contributed by atoms with Crippen molar-refractivity contribution in [2.75, 3.05) is 10.6 Å². The van der Waals surface area contributed by atoms with Gasteiger partial charge in [0, 0.05) is 18.6 Å². The molecular formula is C35H32N2O11. The van der Waals surface area contributed by atoms with E-state index in [1.807, 2.05) is 0 Å². The molecule has 13 nitrogen and oxygen atoms in total. The first-order chi connectivity index (χ1) is 22.7. The maximum atomic E-state index is 11.9. The largest absolute Gasteiger partial charge is 0.508 e. The number of nitrogens with one attached hydrogen (secondary N) is 2. The van der Waals surface area contributed by atoms with E-state index in [-0.39, 0.29) is 40.4 Å². The SMILES string of the molecule is CC(=O)Nc1ccccc1C(=O)O.Cc1ccc(/C=C/C(=O)Nc2ccccc2C(=O)O)cc1O.Cc1ccc(C=O)cc1O.O=C=O. The highest BCUT2D eigenvalue weighted by Gasteiger charge is 2.10. The van der Waals surface area contributed by atoms with Crippen LogP contribution >= 0.6 is 0 Å². The molecule has 0 aliphatic rings. The van der Waals surface area contributed by atoms with E-state index < -0.39 is 17.8 Å². The van der Waals surface area contributed by atoms with Crippen LogP contribution in [0.2, 0.25) is 0 Å². The maximum absolute atomic E-state index is 11.9. The molecule has 0 bridgehead atoms. The number of benzene rings is 4. The number of carboxylic acids is 2. The lowest BCUT2D eigenvalue weighted by molar-refractivity contribution is -0.191. The fourth-order valence-corrected chi connectivity index (χ4v) is 3.52. The number of aromatic carboxylic acids is 2. The topological polar surface area (TPSA) is 224 Å². The monoisotopic (exact) mass is 656 g/mol. The van der Waals surface area contributed by atoms with E-state index in [1.165, 1.54) is 43.3 Å². The number of carbonyl (C=O) groups excluding carboxylic acids is 5. The quantitative estimate of drug-likeness (QED) is 0.110. The third-order valence-corrected chi connectivity index (χ3v) is 5.91. The van der Waals surface area contributed by atoms with Gasteiger partial charge in [0.1, 0.15) is 17.8 Å². The van der Waals surface area contributed by atoms with E-state index in [0.717, 1.165) is 11.1 Å². The minimum Gasteiger partial charge on any atom is -0.508 e. The molecular weight excluding hydrogens is 624 g/mol. The van der Waals surface area contributed by atoms with Crippen molar-refractivity contribution in [3.8, 4) is 11.5 Å².